The van der Waals surface area contributed by atoms with Crippen LogP contribution in [0.15, 0.2) is 77.7 Å². The highest BCUT2D eigenvalue weighted by atomic mass is 16.5. The van der Waals surface area contributed by atoms with Crippen LogP contribution in [0.25, 0.3) is 11.3 Å². The van der Waals surface area contributed by atoms with E-state index >= 15 is 0 Å². The summed E-state index contributed by atoms with van der Waals surface area (Å²) < 4.78 is 7.07. The van der Waals surface area contributed by atoms with Gasteiger partial charge >= 0.3 is 0 Å². The second kappa shape index (κ2) is 15.8. The molecule has 0 spiro atoms. The number of aryl methyl sites for hydroxylation is 1. The predicted octanol–water partition coefficient (Wildman–Crippen LogP) is 5.59. The highest BCUT2D eigenvalue weighted by Gasteiger charge is 2.34. The molecule has 11 heteroatoms. The van der Waals surface area contributed by atoms with Crippen molar-refractivity contribution >= 4 is 29.0 Å². The standard InChI is InChI=1S/C41H51N7O4/c1-7-46-19-21-47(22-20-46)36(39(50)48-23-25-52-26-24-48)29-13-15-31(16-14-29)42-37-40(51)45(6)27-34(43-37)35-28(2)33(18-17-32(35)41(3,4)5)44-38(49)30-11-9-8-10-12-30/h8-18,27,36H,7,19-26H2,1-6H3,(H,42,43)(H,44,49). The second-order valence-electron chi connectivity index (χ2n) is 14.7. The third-order valence-corrected chi connectivity index (χ3v) is 10.1. The number of benzene rings is 3. The third-order valence-electron chi connectivity index (χ3n) is 10.1. The summed E-state index contributed by atoms with van der Waals surface area (Å²) in [6, 6.07) is 20.5. The molecule has 6 rings (SSSR count). The molecule has 1 atom stereocenters. The number of hydrogen-bond acceptors (Lipinski definition) is 8. The van der Waals surface area contributed by atoms with Crippen LogP contribution in [0.5, 0.6) is 0 Å². The minimum Gasteiger partial charge on any atom is -0.378 e. The first-order valence-corrected chi connectivity index (χ1v) is 18.2. The van der Waals surface area contributed by atoms with Gasteiger partial charge in [0.25, 0.3) is 11.5 Å². The van der Waals surface area contributed by atoms with Gasteiger partial charge in [-0.25, -0.2) is 4.98 Å². The van der Waals surface area contributed by atoms with Crippen LogP contribution < -0.4 is 16.2 Å². The van der Waals surface area contributed by atoms with E-state index in [4.69, 9.17) is 9.72 Å². The molecule has 3 aromatic carbocycles. The molecule has 3 heterocycles. The average molecular weight is 706 g/mol. The number of nitrogens with one attached hydrogen (secondary N) is 2. The van der Waals surface area contributed by atoms with Crippen molar-refractivity contribution in [3.05, 3.63) is 106 Å². The lowest BCUT2D eigenvalue weighted by Crippen LogP contribution is -2.53. The molecule has 2 amide bonds. The van der Waals surface area contributed by atoms with Crippen LogP contribution in [-0.2, 0) is 22.0 Å². The number of piperazine rings is 1. The molecule has 0 radical (unpaired) electrons. The summed E-state index contributed by atoms with van der Waals surface area (Å²) in [7, 11) is 1.72. The van der Waals surface area contributed by atoms with Crippen molar-refractivity contribution in [1.82, 2.24) is 24.3 Å². The van der Waals surface area contributed by atoms with Gasteiger partial charge in [-0.15, -0.1) is 0 Å². The highest BCUT2D eigenvalue weighted by molar-refractivity contribution is 6.05. The van der Waals surface area contributed by atoms with E-state index in [1.165, 1.54) is 4.57 Å². The fourth-order valence-electron chi connectivity index (χ4n) is 7.08. The maximum atomic E-state index is 14.0. The topological polar surface area (TPSA) is 112 Å². The van der Waals surface area contributed by atoms with Crippen LogP contribution in [0, 0.1) is 6.92 Å². The molecule has 52 heavy (non-hydrogen) atoms. The maximum Gasteiger partial charge on any atom is 0.293 e. The van der Waals surface area contributed by atoms with Gasteiger partial charge in [0.2, 0.25) is 5.91 Å². The lowest BCUT2D eigenvalue weighted by molar-refractivity contribution is -0.142. The van der Waals surface area contributed by atoms with Crippen molar-refractivity contribution < 1.29 is 14.3 Å². The summed E-state index contributed by atoms with van der Waals surface area (Å²) in [6.07, 6.45) is 1.75. The van der Waals surface area contributed by atoms with Crippen LogP contribution in [0.2, 0.25) is 0 Å². The van der Waals surface area contributed by atoms with Gasteiger partial charge in [0.05, 0.1) is 18.9 Å². The van der Waals surface area contributed by atoms with Gasteiger partial charge in [-0.1, -0.05) is 64.1 Å². The Hall–Kier alpha value is -4.84. The maximum absolute atomic E-state index is 14.0. The number of amides is 2. The SMILES string of the molecule is CCN1CCN(C(C(=O)N2CCOCC2)c2ccc(Nc3nc(-c4c(C(C)(C)C)ccc(NC(=O)c5ccccc5)c4C)cn(C)c3=O)cc2)CC1. The number of anilines is 3. The summed E-state index contributed by atoms with van der Waals surface area (Å²) in [5.74, 6) is 0.0845. The molecule has 11 nitrogen and oxygen atoms in total. The Balaban J connectivity index is 1.31. The fourth-order valence-corrected chi connectivity index (χ4v) is 7.08. The predicted molar refractivity (Wildman–Crippen MR) is 206 cm³/mol. The normalized spacial score (nSPS) is 16.4. The van der Waals surface area contributed by atoms with Crippen LogP contribution in [-0.4, -0.2) is 95.1 Å². The van der Waals surface area contributed by atoms with Gasteiger partial charge < -0.3 is 29.7 Å². The van der Waals surface area contributed by atoms with E-state index in [1.54, 1.807) is 25.4 Å². The zero-order chi connectivity index (χ0) is 37.0. The highest BCUT2D eigenvalue weighted by Crippen LogP contribution is 2.38. The first-order valence-electron chi connectivity index (χ1n) is 18.2. The number of aromatic nitrogens is 2. The molecule has 2 saturated heterocycles. The van der Waals surface area contributed by atoms with Gasteiger partial charge in [0, 0.05) is 75.0 Å². The number of morpholine rings is 1. The molecule has 4 aromatic rings. The monoisotopic (exact) mass is 705 g/mol. The van der Waals surface area contributed by atoms with E-state index < -0.39 is 6.04 Å². The van der Waals surface area contributed by atoms with Crippen molar-refractivity contribution in [2.75, 3.05) is 69.7 Å². The minimum atomic E-state index is -0.395. The summed E-state index contributed by atoms with van der Waals surface area (Å²) in [6.45, 7) is 17.3. The Morgan fingerprint density at radius 3 is 2.21 bits per heavy atom. The van der Waals surface area contributed by atoms with Crippen molar-refractivity contribution in [3.8, 4) is 11.3 Å². The lowest BCUT2D eigenvalue weighted by Gasteiger charge is -2.40. The van der Waals surface area contributed by atoms with Crippen LogP contribution >= 0.6 is 0 Å². The molecule has 2 aliphatic rings. The zero-order valence-electron chi connectivity index (χ0n) is 31.2. The molecule has 1 unspecified atom stereocenters. The minimum absolute atomic E-state index is 0.101. The van der Waals surface area contributed by atoms with Gasteiger partial charge in [0.15, 0.2) is 5.82 Å². The Bertz CT molecular complexity index is 1940. The van der Waals surface area contributed by atoms with E-state index in [2.05, 4.69) is 48.1 Å². The second-order valence-corrected chi connectivity index (χ2v) is 14.7. The fraction of sp³-hybridized carbons (Fsp3) is 0.415. The van der Waals surface area contributed by atoms with E-state index in [-0.39, 0.29) is 28.6 Å². The molecule has 2 N–H and O–H groups in total. The molecule has 0 saturated carbocycles. The van der Waals surface area contributed by atoms with Gasteiger partial charge in [-0.2, -0.15) is 0 Å². The van der Waals surface area contributed by atoms with E-state index in [0.717, 1.165) is 55.0 Å². The summed E-state index contributed by atoms with van der Waals surface area (Å²) in [4.78, 5) is 52.1. The number of nitrogens with zero attached hydrogens (tertiary/aromatic N) is 5. The van der Waals surface area contributed by atoms with Gasteiger partial charge in [-0.05, 0) is 65.9 Å². The molecule has 2 fully saturated rings. The summed E-state index contributed by atoms with van der Waals surface area (Å²) in [5.41, 5.74) is 5.70. The van der Waals surface area contributed by atoms with E-state index in [0.29, 0.717) is 48.9 Å². The van der Waals surface area contributed by atoms with Crippen molar-refractivity contribution in [2.24, 2.45) is 7.05 Å². The summed E-state index contributed by atoms with van der Waals surface area (Å²) in [5, 5.41) is 6.35. The molecular weight excluding hydrogens is 654 g/mol. The Morgan fingerprint density at radius 2 is 1.58 bits per heavy atom. The molecule has 0 aliphatic carbocycles. The number of ether oxygens (including phenoxy) is 1. The van der Waals surface area contributed by atoms with Crippen molar-refractivity contribution in [1.29, 1.82) is 0 Å². The Labute approximate surface area is 306 Å². The first kappa shape index (κ1) is 36.9. The average Bonchev–Trinajstić information content (AvgIpc) is 3.15. The molecule has 274 valence electrons. The molecule has 2 aliphatic heterocycles. The Morgan fingerprint density at radius 1 is 0.904 bits per heavy atom. The molecule has 0 bridgehead atoms. The number of hydrogen-bond donors (Lipinski definition) is 2. The third kappa shape index (κ3) is 8.12. The summed E-state index contributed by atoms with van der Waals surface area (Å²) >= 11 is 0. The first-order chi connectivity index (χ1) is 24.9. The van der Waals surface area contributed by atoms with Crippen molar-refractivity contribution in [3.63, 3.8) is 0 Å². The largest absolute Gasteiger partial charge is 0.378 e. The number of likely N-dealkylation sites (N-methyl/N-ethyl adjacent to an activating group) is 1. The molecular formula is C41H51N7O4. The Kier molecular flexibility index (Phi) is 11.2. The van der Waals surface area contributed by atoms with Crippen LogP contribution in [0.4, 0.5) is 17.2 Å². The number of carbonyl (C=O) groups excluding carboxylic acids is 2. The smallest absolute Gasteiger partial charge is 0.293 e. The lowest BCUT2D eigenvalue weighted by atomic mass is 9.81. The quantitative estimate of drug-likeness (QED) is 0.232. The van der Waals surface area contributed by atoms with E-state index in [9.17, 15) is 14.4 Å². The van der Waals surface area contributed by atoms with Gasteiger partial charge in [0.1, 0.15) is 6.04 Å². The number of carbonyl (C=O) groups is 2. The van der Waals surface area contributed by atoms with Crippen LogP contribution in [0.1, 0.15) is 60.8 Å². The zero-order valence-corrected chi connectivity index (χ0v) is 31.2. The van der Waals surface area contributed by atoms with Gasteiger partial charge in [-0.3, -0.25) is 19.3 Å². The molecule has 1 aromatic heterocycles. The van der Waals surface area contributed by atoms with E-state index in [1.807, 2.05) is 66.4 Å². The van der Waals surface area contributed by atoms with Crippen LogP contribution in [0.3, 0.4) is 0 Å². The van der Waals surface area contributed by atoms with Crippen molar-refractivity contribution in [2.45, 2.75) is 46.1 Å². The number of rotatable bonds is 9.